The van der Waals surface area contributed by atoms with Crippen LogP contribution in [0.2, 0.25) is 0 Å². The number of halogens is 6. The number of fused-ring (bicyclic) bond motifs is 1. The van der Waals surface area contributed by atoms with Crippen molar-refractivity contribution in [1.82, 2.24) is 19.7 Å². The summed E-state index contributed by atoms with van der Waals surface area (Å²) in [6.45, 7) is 0. The van der Waals surface area contributed by atoms with Gasteiger partial charge in [0.25, 0.3) is 5.91 Å². The first-order valence-electron chi connectivity index (χ1n) is 8.22. The van der Waals surface area contributed by atoms with E-state index in [1.165, 1.54) is 12.4 Å². The number of nitrogens with one attached hydrogen (secondary N) is 1. The summed E-state index contributed by atoms with van der Waals surface area (Å²) in [5, 5.41) is 6.42. The van der Waals surface area contributed by atoms with Crippen LogP contribution in [0.4, 0.5) is 32.2 Å². The minimum atomic E-state index is -4.99. The number of nitrogens with zero attached hydrogens (tertiary/aromatic N) is 4. The van der Waals surface area contributed by atoms with E-state index >= 15 is 0 Å². The van der Waals surface area contributed by atoms with Gasteiger partial charge in [-0.2, -0.15) is 26.3 Å². The van der Waals surface area contributed by atoms with E-state index in [9.17, 15) is 31.1 Å². The Bertz CT molecular complexity index is 1150. The van der Waals surface area contributed by atoms with Crippen molar-refractivity contribution in [2.75, 3.05) is 5.32 Å². The van der Waals surface area contributed by atoms with E-state index in [2.05, 4.69) is 20.4 Å². The van der Waals surface area contributed by atoms with Gasteiger partial charge in [-0.3, -0.25) is 4.79 Å². The summed E-state index contributed by atoms with van der Waals surface area (Å²) in [6.07, 6.45) is -6.19. The third-order valence-electron chi connectivity index (χ3n) is 4.19. The zero-order valence-electron chi connectivity index (χ0n) is 14.6. The van der Waals surface area contributed by atoms with Crippen LogP contribution in [0, 0.1) is 0 Å². The average molecular weight is 425 g/mol. The number of anilines is 1. The molecule has 0 saturated carbocycles. The van der Waals surface area contributed by atoms with Crippen molar-refractivity contribution in [2.45, 2.75) is 12.4 Å². The Labute approximate surface area is 163 Å². The second kappa shape index (κ2) is 6.68. The lowest BCUT2D eigenvalue weighted by atomic mass is 10.0. The monoisotopic (exact) mass is 425 g/mol. The molecule has 1 N–H and O–H groups in total. The maximum Gasteiger partial charge on any atom is 0.416 e. The van der Waals surface area contributed by atoms with E-state index in [4.69, 9.17) is 0 Å². The molecule has 3 heterocycles. The van der Waals surface area contributed by atoms with E-state index in [0.717, 1.165) is 11.0 Å². The van der Waals surface area contributed by atoms with Gasteiger partial charge >= 0.3 is 12.4 Å². The molecule has 0 spiro atoms. The van der Waals surface area contributed by atoms with E-state index in [0.29, 0.717) is 23.5 Å². The first-order valence-corrected chi connectivity index (χ1v) is 8.22. The van der Waals surface area contributed by atoms with Crippen LogP contribution in [0.5, 0.6) is 0 Å². The third kappa shape index (κ3) is 3.63. The van der Waals surface area contributed by atoms with Gasteiger partial charge in [0.15, 0.2) is 5.82 Å². The number of carbonyl (C=O) groups excluding carboxylic acids is 1. The van der Waals surface area contributed by atoms with Crippen molar-refractivity contribution in [3.8, 4) is 11.4 Å². The molecule has 0 bridgehead atoms. The lowest BCUT2D eigenvalue weighted by molar-refractivity contribution is -0.143. The molecule has 0 unspecified atom stereocenters. The van der Waals surface area contributed by atoms with Crippen LogP contribution in [0.15, 0.2) is 42.9 Å². The topological polar surface area (TPSA) is 72.7 Å². The number of benzene rings is 1. The first kappa shape index (κ1) is 19.6. The van der Waals surface area contributed by atoms with Crippen LogP contribution >= 0.6 is 0 Å². The van der Waals surface area contributed by atoms with Crippen molar-refractivity contribution >= 4 is 23.5 Å². The number of hydrogen-bond donors (Lipinski definition) is 1. The molecule has 0 fully saturated rings. The van der Waals surface area contributed by atoms with Crippen LogP contribution in [0.3, 0.4) is 0 Å². The highest BCUT2D eigenvalue weighted by Gasteiger charge is 2.37. The fraction of sp³-hybridized carbons (Fsp3) is 0.111. The summed E-state index contributed by atoms with van der Waals surface area (Å²) in [4.78, 5) is 19.9. The van der Waals surface area contributed by atoms with Gasteiger partial charge in [0.05, 0.1) is 16.7 Å². The Morgan fingerprint density at radius 1 is 0.967 bits per heavy atom. The molecule has 0 radical (unpaired) electrons. The Morgan fingerprint density at radius 3 is 2.27 bits per heavy atom. The van der Waals surface area contributed by atoms with Gasteiger partial charge in [-0.25, -0.2) is 14.6 Å². The van der Waals surface area contributed by atoms with Gasteiger partial charge in [-0.15, -0.1) is 5.10 Å². The maximum absolute atomic E-state index is 13.0. The summed E-state index contributed by atoms with van der Waals surface area (Å²) < 4.78 is 79.3. The summed E-state index contributed by atoms with van der Waals surface area (Å²) in [7, 11) is 0. The van der Waals surface area contributed by atoms with Gasteiger partial charge in [0.1, 0.15) is 12.1 Å². The molecule has 1 aliphatic heterocycles. The molecular weight excluding hydrogens is 416 g/mol. The third-order valence-corrected chi connectivity index (χ3v) is 4.19. The van der Waals surface area contributed by atoms with Gasteiger partial charge in [0, 0.05) is 23.5 Å². The molecule has 0 atom stereocenters. The number of pyridine rings is 1. The zero-order valence-corrected chi connectivity index (χ0v) is 14.6. The molecule has 1 amide bonds. The average Bonchev–Trinajstić information content (AvgIpc) is 3.25. The normalized spacial score (nSPS) is 15.4. The van der Waals surface area contributed by atoms with Crippen molar-refractivity contribution in [1.29, 1.82) is 0 Å². The standard InChI is InChI=1S/C18H9F6N5O/c19-17(20,21)10-4-9(5-11(6-10)18(22,23)24)14-26-8-29(28-14)7-13-12-2-1-3-25-15(12)27-16(13)30/h1-8H,(H,25,27,30)/b13-7+. The minimum absolute atomic E-state index is 0.0231. The molecular formula is C18H9F6N5O. The largest absolute Gasteiger partial charge is 0.416 e. The minimum Gasteiger partial charge on any atom is -0.306 e. The highest BCUT2D eigenvalue weighted by molar-refractivity contribution is 6.33. The number of rotatable bonds is 2. The van der Waals surface area contributed by atoms with Crippen LogP contribution in [-0.2, 0) is 17.1 Å². The fourth-order valence-electron chi connectivity index (χ4n) is 2.83. The molecule has 154 valence electrons. The van der Waals surface area contributed by atoms with Crippen molar-refractivity contribution in [3.05, 3.63) is 59.5 Å². The molecule has 2 aromatic heterocycles. The van der Waals surface area contributed by atoms with E-state index in [-0.39, 0.29) is 17.5 Å². The molecule has 0 aliphatic carbocycles. The molecule has 12 heteroatoms. The summed E-state index contributed by atoms with van der Waals surface area (Å²) in [6, 6.07) is 4.30. The molecule has 6 nitrogen and oxygen atoms in total. The second-order valence-corrected chi connectivity index (χ2v) is 6.24. The van der Waals surface area contributed by atoms with Crippen LogP contribution < -0.4 is 5.32 Å². The van der Waals surface area contributed by atoms with Gasteiger partial charge in [-0.1, -0.05) is 0 Å². The summed E-state index contributed by atoms with van der Waals surface area (Å²) in [5.74, 6) is -0.533. The SMILES string of the molecule is O=C1Nc2ncccc2/C1=C\n1cnc(-c2cc(C(F)(F)F)cc(C(F)(F)F)c2)n1. The quantitative estimate of drug-likeness (QED) is 0.490. The Morgan fingerprint density at radius 2 is 1.63 bits per heavy atom. The Balaban J connectivity index is 1.76. The van der Waals surface area contributed by atoms with Crippen LogP contribution in [-0.4, -0.2) is 25.7 Å². The van der Waals surface area contributed by atoms with Gasteiger partial charge in [-0.05, 0) is 30.3 Å². The van der Waals surface area contributed by atoms with Gasteiger partial charge < -0.3 is 5.32 Å². The lowest BCUT2D eigenvalue weighted by Crippen LogP contribution is -2.11. The Kier molecular flexibility index (Phi) is 4.36. The highest BCUT2D eigenvalue weighted by atomic mass is 19.4. The molecule has 1 aromatic carbocycles. The summed E-state index contributed by atoms with van der Waals surface area (Å²) >= 11 is 0. The van der Waals surface area contributed by atoms with E-state index < -0.39 is 35.0 Å². The predicted octanol–water partition coefficient (Wildman–Crippen LogP) is 4.33. The molecule has 3 aromatic rings. The number of carbonyl (C=O) groups is 1. The van der Waals surface area contributed by atoms with Crippen LogP contribution in [0.1, 0.15) is 16.7 Å². The predicted molar refractivity (Wildman–Crippen MR) is 92.5 cm³/mol. The van der Waals surface area contributed by atoms with E-state index in [1.807, 2.05) is 0 Å². The maximum atomic E-state index is 13.0. The van der Waals surface area contributed by atoms with E-state index in [1.54, 1.807) is 12.1 Å². The number of aromatic nitrogens is 4. The first-order chi connectivity index (χ1) is 14.0. The fourth-order valence-corrected chi connectivity index (χ4v) is 2.83. The Hall–Kier alpha value is -3.70. The molecule has 1 aliphatic rings. The lowest BCUT2D eigenvalue weighted by Gasteiger charge is -2.13. The zero-order chi connectivity index (χ0) is 21.7. The highest BCUT2D eigenvalue weighted by Crippen LogP contribution is 2.38. The van der Waals surface area contributed by atoms with Gasteiger partial charge in [0.2, 0.25) is 0 Å². The molecule has 4 rings (SSSR count). The molecule has 30 heavy (non-hydrogen) atoms. The summed E-state index contributed by atoms with van der Waals surface area (Å²) in [5.41, 5.74) is -2.78. The number of alkyl halides is 6. The smallest absolute Gasteiger partial charge is 0.306 e. The molecule has 0 saturated heterocycles. The number of hydrogen-bond acceptors (Lipinski definition) is 4. The van der Waals surface area contributed by atoms with Crippen molar-refractivity contribution in [2.24, 2.45) is 0 Å². The van der Waals surface area contributed by atoms with Crippen molar-refractivity contribution < 1.29 is 31.1 Å². The number of amides is 1. The van der Waals surface area contributed by atoms with Crippen molar-refractivity contribution in [3.63, 3.8) is 0 Å². The second-order valence-electron chi connectivity index (χ2n) is 6.24. The van der Waals surface area contributed by atoms with Crippen LogP contribution in [0.25, 0.3) is 23.2 Å².